The zero-order valence-electron chi connectivity index (χ0n) is 8.84. The molecule has 1 rings (SSSR count). The fourth-order valence-corrected chi connectivity index (χ4v) is 2.23. The van der Waals surface area contributed by atoms with Crippen molar-refractivity contribution in [2.45, 2.75) is 18.7 Å². The SMILES string of the molecule is COC(=O)Cc1ncc(Br)c(CCl)c1C(F)F. The average Bonchev–Trinajstić information content (AvgIpc) is 2.30. The monoisotopic (exact) mass is 327 g/mol. The van der Waals surface area contributed by atoms with E-state index in [1.807, 2.05) is 0 Å². The highest BCUT2D eigenvalue weighted by Crippen LogP contribution is 2.32. The van der Waals surface area contributed by atoms with Gasteiger partial charge in [-0.3, -0.25) is 9.78 Å². The van der Waals surface area contributed by atoms with Gasteiger partial charge in [0.05, 0.1) is 19.2 Å². The molecule has 0 fully saturated rings. The van der Waals surface area contributed by atoms with Crippen LogP contribution >= 0.6 is 27.5 Å². The molecule has 7 heteroatoms. The number of esters is 1. The highest BCUT2D eigenvalue weighted by Gasteiger charge is 2.22. The smallest absolute Gasteiger partial charge is 0.311 e. The molecule has 0 aliphatic rings. The molecule has 0 saturated heterocycles. The van der Waals surface area contributed by atoms with Gasteiger partial charge in [-0.05, 0) is 21.5 Å². The largest absolute Gasteiger partial charge is 0.469 e. The number of ether oxygens (including phenoxy) is 1. The van der Waals surface area contributed by atoms with Gasteiger partial charge in [0.15, 0.2) is 0 Å². The number of pyridine rings is 1. The summed E-state index contributed by atoms with van der Waals surface area (Å²) < 4.78 is 30.7. The Balaban J connectivity index is 3.25. The third-order valence-electron chi connectivity index (χ3n) is 2.15. The Bertz CT molecular complexity index is 429. The number of hydrogen-bond acceptors (Lipinski definition) is 3. The fraction of sp³-hybridized carbons (Fsp3) is 0.400. The second kappa shape index (κ2) is 6.26. The number of alkyl halides is 3. The van der Waals surface area contributed by atoms with Crippen LogP contribution in [-0.2, 0) is 21.8 Å². The van der Waals surface area contributed by atoms with E-state index in [2.05, 4.69) is 25.7 Å². The number of carbonyl (C=O) groups excluding carboxylic acids is 1. The zero-order chi connectivity index (χ0) is 13.0. The number of hydrogen-bond donors (Lipinski definition) is 0. The number of aromatic nitrogens is 1. The second-order valence-electron chi connectivity index (χ2n) is 3.13. The molecule has 1 aromatic heterocycles. The van der Waals surface area contributed by atoms with Crippen LogP contribution in [0.2, 0.25) is 0 Å². The molecule has 17 heavy (non-hydrogen) atoms. The van der Waals surface area contributed by atoms with Gasteiger partial charge >= 0.3 is 5.97 Å². The molecule has 0 atom stereocenters. The first-order valence-electron chi connectivity index (χ1n) is 4.58. The van der Waals surface area contributed by atoms with E-state index in [9.17, 15) is 13.6 Å². The number of rotatable bonds is 4. The van der Waals surface area contributed by atoms with Crippen molar-refractivity contribution in [3.05, 3.63) is 27.5 Å². The number of halogens is 4. The number of methoxy groups -OCH3 is 1. The summed E-state index contributed by atoms with van der Waals surface area (Å²) in [5.74, 6) is -0.709. The molecular formula is C10H9BrClF2NO2. The Kier molecular flexibility index (Phi) is 5.27. The van der Waals surface area contributed by atoms with Gasteiger partial charge in [0.2, 0.25) is 0 Å². The Morgan fingerprint density at radius 2 is 2.29 bits per heavy atom. The quantitative estimate of drug-likeness (QED) is 0.629. The van der Waals surface area contributed by atoms with Crippen LogP contribution in [0.3, 0.4) is 0 Å². The minimum absolute atomic E-state index is 0.00861. The van der Waals surface area contributed by atoms with E-state index in [-0.39, 0.29) is 29.1 Å². The first-order chi connectivity index (χ1) is 8.01. The topological polar surface area (TPSA) is 39.2 Å². The zero-order valence-corrected chi connectivity index (χ0v) is 11.2. The summed E-state index contributed by atoms with van der Waals surface area (Å²) >= 11 is 8.71. The third-order valence-corrected chi connectivity index (χ3v) is 3.10. The van der Waals surface area contributed by atoms with Crippen LogP contribution in [0.15, 0.2) is 10.7 Å². The fourth-order valence-electron chi connectivity index (χ4n) is 1.33. The molecule has 0 radical (unpaired) electrons. The molecule has 1 heterocycles. The Morgan fingerprint density at radius 3 is 2.76 bits per heavy atom. The summed E-state index contributed by atoms with van der Waals surface area (Å²) in [6, 6.07) is 0. The van der Waals surface area contributed by atoms with Gasteiger partial charge in [-0.2, -0.15) is 0 Å². The lowest BCUT2D eigenvalue weighted by atomic mass is 10.1. The standard InChI is InChI=1S/C10H9BrClF2NO2/c1-17-8(16)2-7-9(10(13)14)5(3-12)6(11)4-15-7/h4,10H,2-3H2,1H3. The van der Waals surface area contributed by atoms with Crippen LogP contribution in [0.25, 0.3) is 0 Å². The predicted molar refractivity (Wildman–Crippen MR) is 62.2 cm³/mol. The van der Waals surface area contributed by atoms with E-state index in [0.29, 0.717) is 4.47 Å². The molecule has 0 aromatic carbocycles. The normalized spacial score (nSPS) is 10.7. The summed E-state index contributed by atoms with van der Waals surface area (Å²) in [4.78, 5) is 14.9. The van der Waals surface area contributed by atoms with Crippen molar-refractivity contribution in [3.8, 4) is 0 Å². The molecule has 1 aromatic rings. The molecule has 0 bridgehead atoms. The lowest BCUT2D eigenvalue weighted by molar-refractivity contribution is -0.139. The van der Waals surface area contributed by atoms with Crippen molar-refractivity contribution >= 4 is 33.5 Å². The predicted octanol–water partition coefficient (Wildman–Crippen LogP) is 3.24. The van der Waals surface area contributed by atoms with Crippen molar-refractivity contribution in [3.63, 3.8) is 0 Å². The van der Waals surface area contributed by atoms with Crippen LogP contribution in [0, 0.1) is 0 Å². The van der Waals surface area contributed by atoms with Crippen molar-refractivity contribution < 1.29 is 18.3 Å². The van der Waals surface area contributed by atoms with Crippen molar-refractivity contribution in [1.29, 1.82) is 0 Å². The minimum Gasteiger partial charge on any atom is -0.469 e. The molecule has 0 aliphatic heterocycles. The summed E-state index contributed by atoms with van der Waals surface area (Å²) in [5.41, 5.74) is -0.0685. The summed E-state index contributed by atoms with van der Waals surface area (Å²) in [7, 11) is 1.19. The van der Waals surface area contributed by atoms with Crippen LogP contribution in [-0.4, -0.2) is 18.1 Å². The van der Waals surface area contributed by atoms with Gasteiger partial charge in [-0.25, -0.2) is 8.78 Å². The molecule has 0 unspecified atom stereocenters. The van der Waals surface area contributed by atoms with Gasteiger partial charge in [0.25, 0.3) is 6.43 Å². The molecule has 3 nitrogen and oxygen atoms in total. The number of nitrogens with zero attached hydrogens (tertiary/aromatic N) is 1. The van der Waals surface area contributed by atoms with Gasteiger partial charge in [-0.15, -0.1) is 11.6 Å². The maximum atomic E-state index is 12.9. The third kappa shape index (κ3) is 3.35. The van der Waals surface area contributed by atoms with E-state index >= 15 is 0 Å². The Hall–Kier alpha value is -0.750. The Morgan fingerprint density at radius 1 is 1.65 bits per heavy atom. The highest BCUT2D eigenvalue weighted by molar-refractivity contribution is 9.10. The molecule has 0 spiro atoms. The van der Waals surface area contributed by atoms with Crippen molar-refractivity contribution in [1.82, 2.24) is 4.98 Å². The first kappa shape index (κ1) is 14.3. The maximum Gasteiger partial charge on any atom is 0.311 e. The molecule has 94 valence electrons. The summed E-state index contributed by atoms with van der Waals surface area (Å²) in [6.07, 6.45) is -1.69. The van der Waals surface area contributed by atoms with E-state index in [1.165, 1.54) is 13.3 Å². The first-order valence-corrected chi connectivity index (χ1v) is 5.91. The van der Waals surface area contributed by atoms with Crippen molar-refractivity contribution in [2.75, 3.05) is 7.11 Å². The molecule has 0 aliphatic carbocycles. The molecule has 0 N–H and O–H groups in total. The van der Waals surface area contributed by atoms with Gasteiger partial charge in [0.1, 0.15) is 0 Å². The average molecular weight is 329 g/mol. The molecule has 0 amide bonds. The number of carbonyl (C=O) groups is 1. The lowest BCUT2D eigenvalue weighted by Gasteiger charge is -2.12. The van der Waals surface area contributed by atoms with Gasteiger partial charge in [0, 0.05) is 22.1 Å². The van der Waals surface area contributed by atoms with Crippen LogP contribution in [0.5, 0.6) is 0 Å². The minimum atomic E-state index is -2.74. The van der Waals surface area contributed by atoms with Gasteiger partial charge in [-0.1, -0.05) is 0 Å². The molecular weight excluding hydrogens is 319 g/mol. The molecule has 0 saturated carbocycles. The summed E-state index contributed by atoms with van der Waals surface area (Å²) in [5, 5.41) is 0. The van der Waals surface area contributed by atoms with Crippen molar-refractivity contribution in [2.24, 2.45) is 0 Å². The lowest BCUT2D eigenvalue weighted by Crippen LogP contribution is -2.11. The maximum absolute atomic E-state index is 12.9. The van der Waals surface area contributed by atoms with E-state index < -0.39 is 12.4 Å². The highest BCUT2D eigenvalue weighted by atomic mass is 79.9. The van der Waals surface area contributed by atoms with E-state index in [4.69, 9.17) is 11.6 Å². The Labute approximate surface area is 110 Å². The van der Waals surface area contributed by atoms with Crippen LogP contribution in [0.4, 0.5) is 8.78 Å². The summed E-state index contributed by atoms with van der Waals surface area (Å²) in [6.45, 7) is 0. The van der Waals surface area contributed by atoms with E-state index in [1.54, 1.807) is 0 Å². The van der Waals surface area contributed by atoms with E-state index in [0.717, 1.165) is 0 Å². The van der Waals surface area contributed by atoms with Crippen LogP contribution < -0.4 is 0 Å². The van der Waals surface area contributed by atoms with Crippen LogP contribution in [0.1, 0.15) is 23.2 Å². The van der Waals surface area contributed by atoms with Gasteiger partial charge < -0.3 is 4.74 Å². The second-order valence-corrected chi connectivity index (χ2v) is 4.25.